The van der Waals surface area contributed by atoms with Gasteiger partial charge in [0.15, 0.2) is 0 Å². The molecule has 0 amide bonds. The summed E-state index contributed by atoms with van der Waals surface area (Å²) in [4.78, 5) is 9.03. The molecular formula is C22H32N2W. The summed E-state index contributed by atoms with van der Waals surface area (Å²) >= 11 is 0. The minimum absolute atomic E-state index is 0. The Bertz CT molecular complexity index is 652. The minimum Gasteiger partial charge on any atom is -0.261 e. The fraction of sp³-hybridized carbons (Fsp3) is 0.545. The van der Waals surface area contributed by atoms with E-state index in [-0.39, 0.29) is 31.9 Å². The number of aromatic nitrogens is 2. The Morgan fingerprint density at radius 2 is 1.40 bits per heavy atom. The van der Waals surface area contributed by atoms with Gasteiger partial charge in [0.25, 0.3) is 0 Å². The predicted octanol–water partition coefficient (Wildman–Crippen LogP) is 5.63. The van der Waals surface area contributed by atoms with Crippen molar-refractivity contribution in [2.45, 2.75) is 78.1 Å². The third-order valence-corrected chi connectivity index (χ3v) is 4.38. The van der Waals surface area contributed by atoms with E-state index in [1.54, 1.807) is 0 Å². The quantitative estimate of drug-likeness (QED) is 0.461. The number of nitrogens with zero attached hydrogens (tertiary/aromatic N) is 2. The molecule has 0 fully saturated rings. The number of pyridine rings is 2. The monoisotopic (exact) mass is 508 g/mol. The fourth-order valence-electron chi connectivity index (χ4n) is 2.81. The molecule has 1 aliphatic rings. The normalized spacial score (nSPS) is 13.8. The van der Waals surface area contributed by atoms with Gasteiger partial charge in [0, 0.05) is 55.2 Å². The Labute approximate surface area is 168 Å². The largest absolute Gasteiger partial charge is 0.261 e. The maximum atomic E-state index is 4.78. The maximum absolute atomic E-state index is 4.78. The van der Waals surface area contributed by atoms with Crippen molar-refractivity contribution in [2.75, 3.05) is 0 Å². The first-order valence-electron chi connectivity index (χ1n) is 9.09. The van der Waals surface area contributed by atoms with Crippen molar-refractivity contribution in [3.8, 4) is 0 Å². The molecule has 3 heteroatoms. The summed E-state index contributed by atoms with van der Waals surface area (Å²) in [5.41, 5.74) is 5.58. The SMILES string of the molecule is CC(C)(C)c1ccc2c(n1)CCCC2.CC(C)(C)c1ccccn1.[W]. The molecule has 25 heavy (non-hydrogen) atoms. The topological polar surface area (TPSA) is 25.8 Å². The van der Waals surface area contributed by atoms with Gasteiger partial charge < -0.3 is 0 Å². The molecule has 0 atom stereocenters. The zero-order valence-electron chi connectivity index (χ0n) is 16.6. The second-order valence-corrected chi connectivity index (χ2v) is 8.72. The Morgan fingerprint density at radius 3 is 1.92 bits per heavy atom. The van der Waals surface area contributed by atoms with Crippen molar-refractivity contribution in [1.82, 2.24) is 9.97 Å². The van der Waals surface area contributed by atoms with E-state index < -0.39 is 0 Å². The van der Waals surface area contributed by atoms with Gasteiger partial charge in [0.05, 0.1) is 0 Å². The molecule has 0 N–H and O–H groups in total. The molecule has 0 aromatic carbocycles. The van der Waals surface area contributed by atoms with Crippen LogP contribution in [0.1, 0.15) is 77.0 Å². The maximum Gasteiger partial charge on any atom is 0.0460 e. The molecular weight excluding hydrogens is 476 g/mol. The molecule has 0 aliphatic heterocycles. The molecule has 2 heterocycles. The summed E-state index contributed by atoms with van der Waals surface area (Å²) in [5.74, 6) is 0. The van der Waals surface area contributed by atoms with Crippen LogP contribution in [0.2, 0.25) is 0 Å². The van der Waals surface area contributed by atoms with E-state index in [0.29, 0.717) is 0 Å². The van der Waals surface area contributed by atoms with Gasteiger partial charge >= 0.3 is 0 Å². The molecule has 0 unspecified atom stereocenters. The van der Waals surface area contributed by atoms with Crippen molar-refractivity contribution in [3.05, 3.63) is 59.2 Å². The Morgan fingerprint density at radius 1 is 0.760 bits per heavy atom. The third kappa shape index (κ3) is 6.66. The standard InChI is InChI=1S/C13H19N.C9H13N.W/c1-13(2,3)12-9-8-10-6-4-5-7-11(10)14-12;1-9(2,3)8-6-4-5-7-10-8;/h8-9H,4-7H2,1-3H3;4-7H,1-3H3;. The van der Waals surface area contributed by atoms with Crippen molar-refractivity contribution >= 4 is 0 Å². The van der Waals surface area contributed by atoms with Crippen LogP contribution in [0.3, 0.4) is 0 Å². The van der Waals surface area contributed by atoms with Crippen molar-refractivity contribution in [1.29, 1.82) is 0 Å². The van der Waals surface area contributed by atoms with Gasteiger partial charge in [-0.15, -0.1) is 0 Å². The molecule has 3 rings (SSSR count). The average Bonchev–Trinajstić information content (AvgIpc) is 2.54. The molecule has 2 aromatic rings. The molecule has 2 aromatic heterocycles. The number of fused-ring (bicyclic) bond motifs is 1. The molecule has 136 valence electrons. The van der Waals surface area contributed by atoms with Crippen LogP contribution >= 0.6 is 0 Å². The van der Waals surface area contributed by atoms with Crippen LogP contribution in [0.5, 0.6) is 0 Å². The van der Waals surface area contributed by atoms with Crippen molar-refractivity contribution in [2.24, 2.45) is 0 Å². The van der Waals surface area contributed by atoms with E-state index in [1.807, 2.05) is 18.3 Å². The minimum atomic E-state index is 0. The first-order chi connectivity index (χ1) is 11.2. The Kier molecular flexibility index (Phi) is 8.00. The van der Waals surface area contributed by atoms with Gasteiger partial charge in [0.1, 0.15) is 0 Å². The first-order valence-corrected chi connectivity index (χ1v) is 9.09. The number of hydrogen-bond donors (Lipinski definition) is 0. The van der Waals surface area contributed by atoms with Crippen LogP contribution in [0, 0.1) is 0 Å². The summed E-state index contributed by atoms with van der Waals surface area (Å²) in [6, 6.07) is 10.5. The predicted molar refractivity (Wildman–Crippen MR) is 103 cm³/mol. The van der Waals surface area contributed by atoms with E-state index in [4.69, 9.17) is 4.98 Å². The Hall–Kier alpha value is -1.01. The van der Waals surface area contributed by atoms with Crippen molar-refractivity contribution in [3.63, 3.8) is 0 Å². The van der Waals surface area contributed by atoms with E-state index in [9.17, 15) is 0 Å². The van der Waals surface area contributed by atoms with Gasteiger partial charge in [-0.3, -0.25) is 9.97 Å². The summed E-state index contributed by atoms with van der Waals surface area (Å²) in [6.45, 7) is 13.2. The van der Waals surface area contributed by atoms with Crippen LogP contribution in [0.25, 0.3) is 0 Å². The fourth-order valence-corrected chi connectivity index (χ4v) is 2.81. The number of aryl methyl sites for hydroxylation is 2. The average molecular weight is 508 g/mol. The van der Waals surface area contributed by atoms with Crippen molar-refractivity contribution < 1.29 is 21.1 Å². The second kappa shape index (κ2) is 9.08. The molecule has 2 nitrogen and oxygen atoms in total. The summed E-state index contributed by atoms with van der Waals surface area (Å²) in [7, 11) is 0. The van der Waals surface area contributed by atoms with Crippen LogP contribution < -0.4 is 0 Å². The van der Waals surface area contributed by atoms with E-state index in [0.717, 1.165) is 5.69 Å². The molecule has 1 aliphatic carbocycles. The molecule has 0 spiro atoms. The Balaban J connectivity index is 0.000000254. The van der Waals surface area contributed by atoms with Gasteiger partial charge in [0.2, 0.25) is 0 Å². The van der Waals surface area contributed by atoms with E-state index in [2.05, 4.69) is 64.7 Å². The summed E-state index contributed by atoms with van der Waals surface area (Å²) < 4.78 is 0. The zero-order valence-corrected chi connectivity index (χ0v) is 19.5. The second-order valence-electron chi connectivity index (χ2n) is 8.72. The van der Waals surface area contributed by atoms with Gasteiger partial charge in [-0.25, -0.2) is 0 Å². The molecule has 0 saturated heterocycles. The zero-order chi connectivity index (χ0) is 17.8. The summed E-state index contributed by atoms with van der Waals surface area (Å²) in [6.07, 6.45) is 6.89. The molecule has 0 bridgehead atoms. The van der Waals surface area contributed by atoms with Crippen LogP contribution in [0.15, 0.2) is 36.5 Å². The van der Waals surface area contributed by atoms with Gasteiger partial charge in [-0.1, -0.05) is 53.7 Å². The summed E-state index contributed by atoms with van der Waals surface area (Å²) in [5, 5.41) is 0. The number of rotatable bonds is 0. The molecule has 0 radical (unpaired) electrons. The first kappa shape index (κ1) is 22.0. The van der Waals surface area contributed by atoms with Gasteiger partial charge in [-0.2, -0.15) is 0 Å². The molecule has 0 saturated carbocycles. The smallest absolute Gasteiger partial charge is 0.0460 e. The van der Waals surface area contributed by atoms with Crippen LogP contribution in [-0.4, -0.2) is 9.97 Å². The van der Waals surface area contributed by atoms with Gasteiger partial charge in [-0.05, 0) is 49.4 Å². The van der Waals surface area contributed by atoms with Crippen LogP contribution in [-0.2, 0) is 44.7 Å². The van der Waals surface area contributed by atoms with E-state index in [1.165, 1.54) is 42.6 Å². The van der Waals surface area contributed by atoms with E-state index >= 15 is 0 Å². The third-order valence-electron chi connectivity index (χ3n) is 4.38. The van der Waals surface area contributed by atoms with Crippen LogP contribution in [0.4, 0.5) is 0 Å². The number of hydrogen-bond acceptors (Lipinski definition) is 2.